The first kappa shape index (κ1) is 22.9. The van der Waals surface area contributed by atoms with E-state index in [1.807, 2.05) is 12.1 Å². The molecule has 0 heterocycles. The molecule has 0 amide bonds. The van der Waals surface area contributed by atoms with Crippen molar-refractivity contribution in [3.8, 4) is 11.1 Å². The minimum Gasteiger partial charge on any atom is -0.384 e. The van der Waals surface area contributed by atoms with Gasteiger partial charge in [0.2, 0.25) is 0 Å². The average Bonchev–Trinajstić information content (AvgIpc) is 2.69. The highest BCUT2D eigenvalue weighted by atomic mass is 35.5. The molecule has 0 bridgehead atoms. The van der Waals surface area contributed by atoms with Crippen LogP contribution in [0.15, 0.2) is 36.4 Å². The van der Waals surface area contributed by atoms with Gasteiger partial charge in [0.1, 0.15) is 0 Å². The molecule has 0 saturated carbocycles. The summed E-state index contributed by atoms with van der Waals surface area (Å²) in [5, 5.41) is 8.39. The highest BCUT2D eigenvalue weighted by Gasteiger charge is 2.07. The lowest BCUT2D eigenvalue weighted by molar-refractivity contribution is 0.685. The molecule has 0 atom stereocenters. The van der Waals surface area contributed by atoms with Gasteiger partial charge in [-0.15, -0.1) is 0 Å². The second-order valence-electron chi connectivity index (χ2n) is 7.36. The second-order valence-corrected chi connectivity index (χ2v) is 8.18. The second kappa shape index (κ2) is 13.0. The molecular weight excluding hydrogens is 387 g/mol. The zero-order valence-electron chi connectivity index (χ0n) is 17.3. The topological polar surface area (TPSA) is 24.1 Å². The summed E-state index contributed by atoms with van der Waals surface area (Å²) >= 11 is 13.0. The molecule has 2 aromatic rings. The van der Waals surface area contributed by atoms with Crippen LogP contribution in [-0.2, 0) is 0 Å². The number of rotatable bonds is 13. The summed E-state index contributed by atoms with van der Waals surface area (Å²) in [6, 6.07) is 12.4. The van der Waals surface area contributed by atoms with Crippen LogP contribution in [0.25, 0.3) is 11.1 Å². The summed E-state index contributed by atoms with van der Waals surface area (Å²) in [4.78, 5) is 0. The number of halogens is 2. The van der Waals surface area contributed by atoms with Crippen molar-refractivity contribution in [1.82, 2.24) is 0 Å². The van der Waals surface area contributed by atoms with Gasteiger partial charge in [-0.2, -0.15) is 0 Å². The van der Waals surface area contributed by atoms with Crippen molar-refractivity contribution < 1.29 is 0 Å². The van der Waals surface area contributed by atoms with Gasteiger partial charge in [-0.25, -0.2) is 0 Å². The van der Waals surface area contributed by atoms with Crippen LogP contribution in [0.3, 0.4) is 0 Å². The molecule has 0 aliphatic carbocycles. The number of anilines is 2. The molecule has 0 radical (unpaired) electrons. The normalized spacial score (nSPS) is 10.9. The lowest BCUT2D eigenvalue weighted by atomic mass is 10.0. The Morgan fingerprint density at radius 3 is 1.39 bits per heavy atom. The first-order valence-electron chi connectivity index (χ1n) is 10.7. The van der Waals surface area contributed by atoms with E-state index in [-0.39, 0.29) is 0 Å². The van der Waals surface area contributed by atoms with Crippen molar-refractivity contribution in [1.29, 1.82) is 0 Å². The Labute approximate surface area is 181 Å². The summed E-state index contributed by atoms with van der Waals surface area (Å²) in [6.45, 7) is 6.38. The molecule has 0 aliphatic rings. The maximum absolute atomic E-state index is 6.49. The summed E-state index contributed by atoms with van der Waals surface area (Å²) < 4.78 is 0. The molecule has 0 saturated heterocycles. The molecule has 0 fully saturated rings. The average molecular weight is 421 g/mol. The highest BCUT2D eigenvalue weighted by molar-refractivity contribution is 6.34. The van der Waals surface area contributed by atoms with Crippen molar-refractivity contribution in [3.05, 3.63) is 46.4 Å². The van der Waals surface area contributed by atoms with Crippen LogP contribution >= 0.6 is 23.2 Å². The first-order valence-corrected chi connectivity index (χ1v) is 11.5. The van der Waals surface area contributed by atoms with E-state index in [9.17, 15) is 0 Å². The standard InChI is InChI=1S/C24H34Cl2N2/c1-3-5-7-9-15-27-23-13-11-19(17-21(23)25)20-12-14-24(22(26)18-20)28-16-10-8-6-4-2/h11-14,17-18,27-28H,3-10,15-16H2,1-2H3. The molecule has 0 spiro atoms. The Bertz CT molecular complexity index is 654. The Morgan fingerprint density at radius 1 is 0.607 bits per heavy atom. The number of unbranched alkanes of at least 4 members (excludes halogenated alkanes) is 6. The fraction of sp³-hybridized carbons (Fsp3) is 0.500. The van der Waals surface area contributed by atoms with Crippen molar-refractivity contribution >= 4 is 34.6 Å². The summed E-state index contributed by atoms with van der Waals surface area (Å²) in [7, 11) is 0. The van der Waals surface area contributed by atoms with Crippen molar-refractivity contribution in [3.63, 3.8) is 0 Å². The zero-order chi connectivity index (χ0) is 20.2. The van der Waals surface area contributed by atoms with Gasteiger partial charge in [-0.1, -0.05) is 87.7 Å². The van der Waals surface area contributed by atoms with Gasteiger partial charge in [-0.3, -0.25) is 0 Å². The van der Waals surface area contributed by atoms with E-state index in [2.05, 4.69) is 48.7 Å². The Hall–Kier alpha value is -1.38. The predicted molar refractivity (Wildman–Crippen MR) is 127 cm³/mol. The number of nitrogens with one attached hydrogen (secondary N) is 2. The van der Waals surface area contributed by atoms with Crippen LogP contribution in [0.2, 0.25) is 10.0 Å². The first-order chi connectivity index (χ1) is 13.7. The Kier molecular flexibility index (Phi) is 10.6. The van der Waals surface area contributed by atoms with Gasteiger partial charge >= 0.3 is 0 Å². The van der Waals surface area contributed by atoms with Gasteiger partial charge in [-0.05, 0) is 48.2 Å². The van der Waals surface area contributed by atoms with Crippen LogP contribution in [0, 0.1) is 0 Å². The molecule has 28 heavy (non-hydrogen) atoms. The Balaban J connectivity index is 1.93. The minimum atomic E-state index is 0.752. The molecule has 2 N–H and O–H groups in total. The van der Waals surface area contributed by atoms with E-state index in [1.54, 1.807) is 0 Å². The van der Waals surface area contributed by atoms with Crippen LogP contribution in [0.4, 0.5) is 11.4 Å². The van der Waals surface area contributed by atoms with Gasteiger partial charge in [0.15, 0.2) is 0 Å². The fourth-order valence-corrected chi connectivity index (χ4v) is 3.72. The molecule has 154 valence electrons. The third kappa shape index (κ3) is 7.56. The molecular formula is C24H34Cl2N2. The van der Waals surface area contributed by atoms with Gasteiger partial charge in [0, 0.05) is 13.1 Å². The lowest BCUT2D eigenvalue weighted by Gasteiger charge is -2.12. The van der Waals surface area contributed by atoms with Gasteiger partial charge in [0.25, 0.3) is 0 Å². The SMILES string of the molecule is CCCCCCNc1ccc(-c2ccc(NCCCCCC)c(Cl)c2)cc1Cl. The number of hydrogen-bond acceptors (Lipinski definition) is 2. The summed E-state index contributed by atoms with van der Waals surface area (Å²) in [5.41, 5.74) is 4.16. The van der Waals surface area contributed by atoms with E-state index in [0.29, 0.717) is 0 Å². The van der Waals surface area contributed by atoms with Crippen molar-refractivity contribution in [2.75, 3.05) is 23.7 Å². The summed E-state index contributed by atoms with van der Waals surface area (Å²) in [5.74, 6) is 0. The quantitative estimate of drug-likeness (QED) is 0.316. The third-order valence-electron chi connectivity index (χ3n) is 4.96. The maximum Gasteiger partial charge on any atom is 0.0643 e. The smallest absolute Gasteiger partial charge is 0.0643 e. The zero-order valence-corrected chi connectivity index (χ0v) is 18.8. The van der Waals surface area contributed by atoms with E-state index < -0.39 is 0 Å². The van der Waals surface area contributed by atoms with Crippen LogP contribution in [-0.4, -0.2) is 13.1 Å². The van der Waals surface area contributed by atoms with Crippen molar-refractivity contribution in [2.24, 2.45) is 0 Å². The highest BCUT2D eigenvalue weighted by Crippen LogP contribution is 2.32. The molecule has 0 unspecified atom stereocenters. The third-order valence-corrected chi connectivity index (χ3v) is 5.59. The predicted octanol–water partition coefficient (Wildman–Crippen LogP) is 8.64. The van der Waals surface area contributed by atoms with E-state index >= 15 is 0 Å². The Morgan fingerprint density at radius 2 is 1.04 bits per heavy atom. The molecule has 2 rings (SSSR count). The monoisotopic (exact) mass is 420 g/mol. The minimum absolute atomic E-state index is 0.752. The van der Waals surface area contributed by atoms with Crippen LogP contribution in [0.5, 0.6) is 0 Å². The largest absolute Gasteiger partial charge is 0.384 e. The fourth-order valence-electron chi connectivity index (χ4n) is 3.23. The van der Waals surface area contributed by atoms with Crippen LogP contribution < -0.4 is 10.6 Å². The van der Waals surface area contributed by atoms with E-state index in [0.717, 1.165) is 45.6 Å². The number of benzene rings is 2. The van der Waals surface area contributed by atoms with Crippen LogP contribution in [0.1, 0.15) is 65.2 Å². The lowest BCUT2D eigenvalue weighted by Crippen LogP contribution is -2.02. The van der Waals surface area contributed by atoms with Crippen molar-refractivity contribution in [2.45, 2.75) is 65.2 Å². The molecule has 0 aliphatic heterocycles. The molecule has 0 aromatic heterocycles. The summed E-state index contributed by atoms with van der Waals surface area (Å²) in [6.07, 6.45) is 9.96. The molecule has 4 heteroatoms. The van der Waals surface area contributed by atoms with Gasteiger partial charge in [0.05, 0.1) is 21.4 Å². The maximum atomic E-state index is 6.49. The molecule has 2 nitrogen and oxygen atoms in total. The molecule has 2 aromatic carbocycles. The number of hydrogen-bond donors (Lipinski definition) is 2. The van der Waals surface area contributed by atoms with Gasteiger partial charge < -0.3 is 10.6 Å². The van der Waals surface area contributed by atoms with E-state index in [1.165, 1.54) is 51.4 Å². The van der Waals surface area contributed by atoms with E-state index in [4.69, 9.17) is 23.2 Å².